The van der Waals surface area contributed by atoms with Crippen LogP contribution in [0.3, 0.4) is 0 Å². The zero-order valence-electron chi connectivity index (χ0n) is 14.0. The number of benzene rings is 2. The van der Waals surface area contributed by atoms with Gasteiger partial charge >= 0.3 is 0 Å². The molecule has 0 spiro atoms. The fraction of sp³-hybridized carbons (Fsp3) is 0.200. The van der Waals surface area contributed by atoms with E-state index in [-0.39, 0.29) is 5.75 Å². The summed E-state index contributed by atoms with van der Waals surface area (Å²) in [4.78, 5) is 0. The number of ether oxygens (including phenoxy) is 3. The van der Waals surface area contributed by atoms with Crippen molar-refractivity contribution in [2.75, 3.05) is 14.2 Å². The molecule has 0 aliphatic carbocycles. The van der Waals surface area contributed by atoms with Crippen molar-refractivity contribution < 1.29 is 19.3 Å². The van der Waals surface area contributed by atoms with Crippen LogP contribution in [0.4, 0.5) is 0 Å². The average molecular weight is 326 g/mol. The molecule has 0 unspecified atom stereocenters. The summed E-state index contributed by atoms with van der Waals surface area (Å²) in [5.41, 5.74) is 1.93. The van der Waals surface area contributed by atoms with E-state index in [1.807, 2.05) is 18.2 Å². The van der Waals surface area contributed by atoms with Crippen LogP contribution in [0.25, 0.3) is 0 Å². The van der Waals surface area contributed by atoms with Crippen molar-refractivity contribution in [2.24, 2.45) is 0 Å². The zero-order valence-corrected chi connectivity index (χ0v) is 14.0. The van der Waals surface area contributed by atoms with Crippen LogP contribution >= 0.6 is 0 Å². The first-order valence-electron chi connectivity index (χ1n) is 7.59. The molecule has 0 aliphatic heterocycles. The summed E-state index contributed by atoms with van der Waals surface area (Å²) in [5.74, 6) is 1.92. The molecular formula is C20H22O4. The Morgan fingerprint density at radius 1 is 0.875 bits per heavy atom. The zero-order chi connectivity index (χ0) is 17.5. The molecule has 0 aliphatic rings. The molecule has 0 heterocycles. The van der Waals surface area contributed by atoms with Crippen molar-refractivity contribution in [2.45, 2.75) is 12.8 Å². The van der Waals surface area contributed by atoms with Crippen LogP contribution in [0, 0.1) is 0 Å². The lowest BCUT2D eigenvalue weighted by Crippen LogP contribution is -1.97. The van der Waals surface area contributed by atoms with Crippen molar-refractivity contribution in [3.63, 3.8) is 0 Å². The molecule has 4 heteroatoms. The van der Waals surface area contributed by atoms with Gasteiger partial charge in [0.1, 0.15) is 0 Å². The summed E-state index contributed by atoms with van der Waals surface area (Å²) in [6, 6.07) is 8.99. The Bertz CT molecular complexity index is 735. The molecule has 2 aromatic rings. The van der Waals surface area contributed by atoms with Crippen molar-refractivity contribution in [1.29, 1.82) is 0 Å². The van der Waals surface area contributed by atoms with E-state index in [1.54, 1.807) is 38.5 Å². The average Bonchev–Trinajstić information content (AvgIpc) is 2.57. The second-order valence-electron chi connectivity index (χ2n) is 5.22. The molecule has 24 heavy (non-hydrogen) atoms. The maximum Gasteiger partial charge on any atom is 0.203 e. The second kappa shape index (κ2) is 8.11. The largest absolute Gasteiger partial charge is 0.504 e. The number of hydrogen-bond acceptors (Lipinski definition) is 4. The van der Waals surface area contributed by atoms with Crippen LogP contribution in [0.5, 0.6) is 28.7 Å². The number of phenols is 1. The highest BCUT2D eigenvalue weighted by molar-refractivity contribution is 5.56. The first-order valence-corrected chi connectivity index (χ1v) is 7.59. The molecule has 1 N–H and O–H groups in total. The van der Waals surface area contributed by atoms with E-state index >= 15 is 0 Å². The Balaban J connectivity index is 2.42. The van der Waals surface area contributed by atoms with E-state index in [1.165, 1.54) is 0 Å². The Morgan fingerprint density at radius 2 is 1.54 bits per heavy atom. The molecule has 0 atom stereocenters. The number of aromatic hydroxyl groups is 1. The fourth-order valence-corrected chi connectivity index (χ4v) is 2.41. The predicted molar refractivity (Wildman–Crippen MR) is 95.5 cm³/mol. The van der Waals surface area contributed by atoms with Gasteiger partial charge in [-0.1, -0.05) is 18.2 Å². The first kappa shape index (κ1) is 17.5. The van der Waals surface area contributed by atoms with Gasteiger partial charge in [-0.25, -0.2) is 0 Å². The molecule has 4 nitrogen and oxygen atoms in total. The first-order chi connectivity index (χ1) is 11.6. The third kappa shape index (κ3) is 3.90. The summed E-state index contributed by atoms with van der Waals surface area (Å²) >= 11 is 0. The Morgan fingerprint density at radius 3 is 2.12 bits per heavy atom. The van der Waals surface area contributed by atoms with Gasteiger partial charge < -0.3 is 19.3 Å². The molecule has 126 valence electrons. The number of phenolic OH excluding ortho intramolecular Hbond substituents is 1. The molecule has 0 aromatic heterocycles. The smallest absolute Gasteiger partial charge is 0.203 e. The van der Waals surface area contributed by atoms with Crippen LogP contribution in [0.2, 0.25) is 0 Å². The molecule has 0 saturated heterocycles. The monoisotopic (exact) mass is 326 g/mol. The summed E-state index contributed by atoms with van der Waals surface area (Å²) in [6.45, 7) is 7.44. The van der Waals surface area contributed by atoms with Crippen molar-refractivity contribution in [1.82, 2.24) is 0 Å². The highest BCUT2D eigenvalue weighted by atomic mass is 16.5. The van der Waals surface area contributed by atoms with Gasteiger partial charge in [-0.05, 0) is 48.2 Å². The molecule has 0 amide bonds. The van der Waals surface area contributed by atoms with E-state index in [9.17, 15) is 5.11 Å². The molecule has 2 aromatic carbocycles. The van der Waals surface area contributed by atoms with Gasteiger partial charge in [0.2, 0.25) is 5.75 Å². The predicted octanol–water partition coefficient (Wildman–Crippen LogP) is 4.66. The molecule has 0 fully saturated rings. The van der Waals surface area contributed by atoms with Crippen LogP contribution in [0.15, 0.2) is 55.6 Å². The van der Waals surface area contributed by atoms with Gasteiger partial charge in [-0.3, -0.25) is 0 Å². The van der Waals surface area contributed by atoms with Gasteiger partial charge in [-0.15, -0.1) is 13.2 Å². The molecule has 0 radical (unpaired) electrons. The normalized spacial score (nSPS) is 10.1. The molecule has 0 bridgehead atoms. The Kier molecular flexibility index (Phi) is 5.90. The van der Waals surface area contributed by atoms with E-state index < -0.39 is 0 Å². The maximum atomic E-state index is 10.2. The number of hydrogen-bond donors (Lipinski definition) is 1. The van der Waals surface area contributed by atoms with Crippen LogP contribution < -0.4 is 14.2 Å². The highest BCUT2D eigenvalue weighted by Gasteiger charge is 2.16. The van der Waals surface area contributed by atoms with E-state index in [4.69, 9.17) is 14.2 Å². The van der Waals surface area contributed by atoms with E-state index in [0.717, 1.165) is 11.1 Å². The second-order valence-corrected chi connectivity index (χ2v) is 5.22. The van der Waals surface area contributed by atoms with E-state index in [2.05, 4.69) is 13.2 Å². The third-order valence-electron chi connectivity index (χ3n) is 3.51. The Hall–Kier alpha value is -2.88. The van der Waals surface area contributed by atoms with E-state index in [0.29, 0.717) is 35.8 Å². The SMILES string of the molecule is C=CCc1ccc(Oc2cc(CC=C)cc(OC)c2OC)c(O)c1. The summed E-state index contributed by atoms with van der Waals surface area (Å²) < 4.78 is 16.7. The highest BCUT2D eigenvalue weighted by Crippen LogP contribution is 2.42. The fourth-order valence-electron chi connectivity index (χ4n) is 2.41. The molecule has 0 saturated carbocycles. The van der Waals surface area contributed by atoms with Crippen LogP contribution in [0.1, 0.15) is 11.1 Å². The minimum atomic E-state index is 0.0597. The van der Waals surface area contributed by atoms with Gasteiger partial charge in [-0.2, -0.15) is 0 Å². The minimum Gasteiger partial charge on any atom is -0.504 e. The lowest BCUT2D eigenvalue weighted by molar-refractivity contribution is 0.331. The minimum absolute atomic E-state index is 0.0597. The van der Waals surface area contributed by atoms with Gasteiger partial charge in [0, 0.05) is 0 Å². The van der Waals surface area contributed by atoms with Crippen molar-refractivity contribution in [3.8, 4) is 28.7 Å². The summed E-state index contributed by atoms with van der Waals surface area (Å²) in [6.07, 6.45) is 4.93. The summed E-state index contributed by atoms with van der Waals surface area (Å²) in [7, 11) is 3.12. The standard InChI is InChI=1S/C20H22O4/c1-5-7-14-9-10-17(16(21)11-14)24-19-13-15(8-6-2)12-18(22-3)20(19)23-4/h5-6,9-13,21H,1-2,7-8H2,3-4H3. The van der Waals surface area contributed by atoms with Crippen LogP contribution in [-0.4, -0.2) is 19.3 Å². The summed E-state index contributed by atoms with van der Waals surface area (Å²) in [5, 5.41) is 10.2. The molecule has 2 rings (SSSR count). The topological polar surface area (TPSA) is 47.9 Å². The molecular weight excluding hydrogens is 304 g/mol. The lowest BCUT2D eigenvalue weighted by Gasteiger charge is -2.16. The van der Waals surface area contributed by atoms with Gasteiger partial charge in [0.25, 0.3) is 0 Å². The van der Waals surface area contributed by atoms with Gasteiger partial charge in [0.15, 0.2) is 23.0 Å². The maximum absolute atomic E-state index is 10.2. The van der Waals surface area contributed by atoms with Crippen molar-refractivity contribution >= 4 is 0 Å². The van der Waals surface area contributed by atoms with Gasteiger partial charge in [0.05, 0.1) is 14.2 Å². The van der Waals surface area contributed by atoms with Crippen molar-refractivity contribution in [3.05, 3.63) is 66.8 Å². The third-order valence-corrected chi connectivity index (χ3v) is 3.51. The lowest BCUT2D eigenvalue weighted by atomic mass is 10.1. The number of methoxy groups -OCH3 is 2. The number of rotatable bonds is 8. The van der Waals surface area contributed by atoms with Crippen LogP contribution in [-0.2, 0) is 12.8 Å². The Labute approximate surface area is 142 Å². The quantitative estimate of drug-likeness (QED) is 0.717. The number of allylic oxidation sites excluding steroid dienone is 2.